The highest BCUT2D eigenvalue weighted by molar-refractivity contribution is 6.22. The number of aromatic nitrogens is 1. The minimum Gasteiger partial charge on any atom is -0.360 e. The van der Waals surface area contributed by atoms with Crippen molar-refractivity contribution in [2.75, 3.05) is 11.4 Å². The number of fused-ring (bicyclic) bond motifs is 3. The second-order valence-corrected chi connectivity index (χ2v) is 7.03. The number of halogens is 6. The van der Waals surface area contributed by atoms with Crippen LogP contribution in [0.2, 0.25) is 0 Å². The van der Waals surface area contributed by atoms with Gasteiger partial charge in [-0.25, -0.2) is 0 Å². The number of aromatic amines is 1. The summed E-state index contributed by atoms with van der Waals surface area (Å²) in [6.45, 7) is 2.67. The summed E-state index contributed by atoms with van der Waals surface area (Å²) in [7, 11) is 0. The zero-order valence-corrected chi connectivity index (χ0v) is 14.7. The molecule has 0 radical (unpaired) electrons. The third-order valence-electron chi connectivity index (χ3n) is 4.84. The molecule has 1 N–H and O–H groups in total. The van der Waals surface area contributed by atoms with Crippen LogP contribution in [0.15, 0.2) is 23.0 Å². The van der Waals surface area contributed by atoms with Crippen LogP contribution in [0.5, 0.6) is 0 Å². The summed E-state index contributed by atoms with van der Waals surface area (Å²) in [5.41, 5.74) is -1.31. The molecule has 26 heavy (non-hydrogen) atoms. The van der Waals surface area contributed by atoms with Gasteiger partial charge in [0, 0.05) is 34.6 Å². The molecule has 0 fully saturated rings. The summed E-state index contributed by atoms with van der Waals surface area (Å²) >= 11 is 5.09. The van der Waals surface area contributed by atoms with Crippen LogP contribution in [0.25, 0.3) is 10.9 Å². The van der Waals surface area contributed by atoms with E-state index in [-0.39, 0.29) is 16.6 Å². The normalized spacial score (nSPS) is 20.7. The molecule has 0 aliphatic carbocycles. The number of alkyl halides is 6. The molecule has 1 aliphatic heterocycles. The van der Waals surface area contributed by atoms with E-state index >= 15 is 0 Å². The number of benzene rings is 1. The number of anilines is 1. The van der Waals surface area contributed by atoms with E-state index in [4.69, 9.17) is 11.6 Å². The van der Waals surface area contributed by atoms with Gasteiger partial charge in [-0.1, -0.05) is 13.8 Å². The fraction of sp³-hybridized carbons (Fsp3) is 0.471. The van der Waals surface area contributed by atoms with Crippen molar-refractivity contribution < 1.29 is 22.0 Å². The van der Waals surface area contributed by atoms with Gasteiger partial charge in [-0.2, -0.15) is 22.0 Å². The van der Waals surface area contributed by atoms with Crippen LogP contribution in [0.3, 0.4) is 0 Å². The molecule has 0 spiro atoms. The quantitative estimate of drug-likeness (QED) is 0.582. The minimum absolute atomic E-state index is 0.0322. The van der Waals surface area contributed by atoms with Gasteiger partial charge in [-0.3, -0.25) is 4.79 Å². The second kappa shape index (κ2) is 6.11. The van der Waals surface area contributed by atoms with Gasteiger partial charge in [-0.15, -0.1) is 0 Å². The average Bonchev–Trinajstić information content (AvgIpc) is 2.75. The summed E-state index contributed by atoms with van der Waals surface area (Å²) < 4.78 is 67.5. The van der Waals surface area contributed by atoms with E-state index in [2.05, 4.69) is 4.98 Å². The zero-order chi connectivity index (χ0) is 19.4. The van der Waals surface area contributed by atoms with Gasteiger partial charge in [0.05, 0.1) is 12.1 Å². The highest BCUT2D eigenvalue weighted by Crippen LogP contribution is 2.49. The number of nitrogens with zero attached hydrogens (tertiary/aromatic N) is 1. The lowest BCUT2D eigenvalue weighted by molar-refractivity contribution is -0.136. The van der Waals surface area contributed by atoms with Crippen molar-refractivity contribution in [2.45, 2.75) is 43.8 Å². The van der Waals surface area contributed by atoms with Crippen LogP contribution in [-0.4, -0.2) is 23.0 Å². The molecule has 0 saturated carbocycles. The molecule has 2 aromatic rings. The van der Waals surface area contributed by atoms with Crippen LogP contribution in [-0.2, 0) is 6.18 Å². The molecule has 0 saturated heterocycles. The van der Waals surface area contributed by atoms with Gasteiger partial charge in [0.2, 0.25) is 5.56 Å². The van der Waals surface area contributed by atoms with Gasteiger partial charge in [0.25, 0.3) is 0 Å². The van der Waals surface area contributed by atoms with E-state index in [1.165, 1.54) is 17.0 Å². The number of pyridine rings is 1. The Morgan fingerprint density at radius 3 is 2.42 bits per heavy atom. The standard InChI is InChI=1S/C17H16ClF5N2O/c1-3-11-8(2)14-12(25(11)7-16(18,19)20)5-4-10-15(14)9(17(21,22)23)6-13(26)24-10/h4-6,8,11H,3,7H2,1-2H3,(H,24,26). The van der Waals surface area contributed by atoms with E-state index in [0.29, 0.717) is 18.1 Å². The van der Waals surface area contributed by atoms with Crippen molar-refractivity contribution >= 4 is 28.2 Å². The Hall–Kier alpha value is -1.83. The van der Waals surface area contributed by atoms with Gasteiger partial charge in [0.15, 0.2) is 0 Å². The molecule has 3 rings (SSSR count). The van der Waals surface area contributed by atoms with Gasteiger partial charge < -0.3 is 9.88 Å². The first-order valence-electron chi connectivity index (χ1n) is 8.04. The average molecular weight is 395 g/mol. The van der Waals surface area contributed by atoms with Crippen LogP contribution >= 0.6 is 11.6 Å². The SMILES string of the molecule is CCC1C(C)c2c(ccc3[nH]c(=O)cc(C(F)(F)F)c23)N1CC(F)(F)Cl. The Labute approximate surface area is 150 Å². The monoisotopic (exact) mass is 394 g/mol. The van der Waals surface area contributed by atoms with Crippen molar-refractivity contribution in [1.29, 1.82) is 0 Å². The maximum absolute atomic E-state index is 13.5. The Bertz CT molecular complexity index is 903. The fourth-order valence-corrected chi connectivity index (χ4v) is 4.05. The number of hydrogen-bond donors (Lipinski definition) is 1. The van der Waals surface area contributed by atoms with Crippen molar-refractivity contribution in [1.82, 2.24) is 4.98 Å². The molecular formula is C17H16ClF5N2O. The van der Waals surface area contributed by atoms with Gasteiger partial charge in [0.1, 0.15) is 0 Å². The molecule has 3 nitrogen and oxygen atoms in total. The van der Waals surface area contributed by atoms with Crippen LogP contribution in [0, 0.1) is 0 Å². The molecule has 9 heteroatoms. The molecule has 1 aromatic carbocycles. The highest BCUT2D eigenvalue weighted by atomic mass is 35.5. The predicted molar refractivity (Wildman–Crippen MR) is 90.2 cm³/mol. The highest BCUT2D eigenvalue weighted by Gasteiger charge is 2.43. The van der Waals surface area contributed by atoms with Crippen molar-refractivity contribution in [2.24, 2.45) is 0 Å². The lowest BCUT2D eigenvalue weighted by Crippen LogP contribution is -2.39. The first-order valence-corrected chi connectivity index (χ1v) is 8.42. The van der Waals surface area contributed by atoms with Crippen molar-refractivity contribution in [3.63, 3.8) is 0 Å². The fourth-order valence-electron chi connectivity index (χ4n) is 3.92. The maximum atomic E-state index is 13.5. The summed E-state index contributed by atoms with van der Waals surface area (Å²) in [5, 5.41) is -3.66. The molecule has 2 atom stereocenters. The van der Waals surface area contributed by atoms with Crippen LogP contribution in [0.4, 0.5) is 27.6 Å². The Balaban J connectivity index is 2.34. The molecule has 142 valence electrons. The zero-order valence-electron chi connectivity index (χ0n) is 13.9. The van der Waals surface area contributed by atoms with Gasteiger partial charge >= 0.3 is 11.6 Å². The Morgan fingerprint density at radius 1 is 1.23 bits per heavy atom. The maximum Gasteiger partial charge on any atom is 0.417 e. The third kappa shape index (κ3) is 3.15. The van der Waals surface area contributed by atoms with Crippen molar-refractivity contribution in [3.8, 4) is 0 Å². The second-order valence-electron chi connectivity index (χ2n) is 6.47. The molecule has 0 bridgehead atoms. The molecule has 2 unspecified atom stereocenters. The van der Waals surface area contributed by atoms with E-state index < -0.39 is 41.2 Å². The van der Waals surface area contributed by atoms with E-state index in [1.807, 2.05) is 0 Å². The van der Waals surface area contributed by atoms with Crippen molar-refractivity contribution in [3.05, 3.63) is 39.7 Å². The summed E-state index contributed by atoms with van der Waals surface area (Å²) in [5.74, 6) is -0.440. The van der Waals surface area contributed by atoms with Crippen LogP contribution in [0.1, 0.15) is 37.3 Å². The lowest BCUT2D eigenvalue weighted by atomic mass is 9.90. The topological polar surface area (TPSA) is 36.1 Å². The minimum atomic E-state index is -4.74. The summed E-state index contributed by atoms with van der Waals surface area (Å²) in [6.07, 6.45) is -4.29. The molecule has 2 heterocycles. The number of H-pyrrole nitrogens is 1. The Morgan fingerprint density at radius 2 is 1.88 bits per heavy atom. The first kappa shape index (κ1) is 18.9. The predicted octanol–water partition coefficient (Wildman–Crippen LogP) is 5.08. The molecule has 0 amide bonds. The first-order chi connectivity index (χ1) is 11.9. The summed E-state index contributed by atoms with van der Waals surface area (Å²) in [6, 6.07) is 2.86. The molecule has 1 aromatic heterocycles. The van der Waals surface area contributed by atoms with Gasteiger partial charge in [-0.05, 0) is 35.7 Å². The smallest absolute Gasteiger partial charge is 0.360 e. The largest absolute Gasteiger partial charge is 0.417 e. The molecule has 1 aliphatic rings. The van der Waals surface area contributed by atoms with E-state index in [0.717, 1.165) is 0 Å². The lowest BCUT2D eigenvalue weighted by Gasteiger charge is -2.30. The third-order valence-corrected chi connectivity index (χ3v) is 4.96. The molecular weight excluding hydrogens is 379 g/mol. The van der Waals surface area contributed by atoms with Crippen LogP contribution < -0.4 is 10.5 Å². The van der Waals surface area contributed by atoms with E-state index in [9.17, 15) is 26.7 Å². The number of nitrogens with one attached hydrogen (secondary N) is 1. The number of hydrogen-bond acceptors (Lipinski definition) is 2. The Kier molecular flexibility index (Phi) is 4.45. The van der Waals surface area contributed by atoms with E-state index in [1.54, 1.807) is 13.8 Å². The number of rotatable bonds is 3. The summed E-state index contributed by atoms with van der Waals surface area (Å²) in [4.78, 5) is 15.4.